The van der Waals surface area contributed by atoms with Crippen LogP contribution in [0.15, 0.2) is 22.9 Å². The highest BCUT2D eigenvalue weighted by molar-refractivity contribution is 5.75. The first-order valence-corrected chi connectivity index (χ1v) is 6.87. The average Bonchev–Trinajstić information content (AvgIpc) is 3.07. The molecule has 0 saturated carbocycles. The average molecular weight is 277 g/mol. The largest absolute Gasteiger partial charge is 0.464 e. The van der Waals surface area contributed by atoms with Gasteiger partial charge in [-0.1, -0.05) is 19.0 Å². The van der Waals surface area contributed by atoms with Gasteiger partial charge in [0.25, 0.3) is 5.89 Å². The number of aromatic nitrogens is 3. The minimum absolute atomic E-state index is 0.248. The monoisotopic (exact) mass is 277 g/mol. The van der Waals surface area contributed by atoms with Crippen molar-refractivity contribution in [3.05, 3.63) is 24.2 Å². The van der Waals surface area contributed by atoms with Crippen LogP contribution >= 0.6 is 0 Å². The van der Waals surface area contributed by atoms with Gasteiger partial charge in [-0.3, -0.25) is 0 Å². The Labute approximate surface area is 117 Å². The van der Waals surface area contributed by atoms with Gasteiger partial charge in [0, 0.05) is 12.6 Å². The van der Waals surface area contributed by atoms with E-state index < -0.39 is 0 Å². The summed E-state index contributed by atoms with van der Waals surface area (Å²) >= 11 is 0. The zero-order valence-electron chi connectivity index (χ0n) is 12.0. The molecule has 0 spiro atoms. The van der Waals surface area contributed by atoms with E-state index in [1.54, 1.807) is 6.92 Å². The Hall–Kier alpha value is -2.11. The van der Waals surface area contributed by atoms with Gasteiger partial charge >= 0.3 is 5.97 Å². The van der Waals surface area contributed by atoms with Crippen LogP contribution in [-0.4, -0.2) is 27.3 Å². The normalized spacial score (nSPS) is 12.3. The highest BCUT2D eigenvalue weighted by atomic mass is 16.5. The number of esters is 1. The number of hydrogen-bond acceptors (Lipinski definition) is 5. The molecule has 2 aromatic heterocycles. The van der Waals surface area contributed by atoms with Crippen molar-refractivity contribution in [2.45, 2.75) is 39.7 Å². The molecule has 0 bridgehead atoms. The van der Waals surface area contributed by atoms with Crippen molar-refractivity contribution in [2.75, 3.05) is 6.61 Å². The van der Waals surface area contributed by atoms with E-state index in [4.69, 9.17) is 9.26 Å². The molecule has 2 heterocycles. The van der Waals surface area contributed by atoms with Gasteiger partial charge in [-0.2, -0.15) is 4.98 Å². The van der Waals surface area contributed by atoms with Crippen LogP contribution in [0.4, 0.5) is 0 Å². The first-order valence-electron chi connectivity index (χ1n) is 6.87. The number of aryl methyl sites for hydroxylation is 1. The van der Waals surface area contributed by atoms with Gasteiger partial charge in [0.05, 0.1) is 6.61 Å². The fraction of sp³-hybridized carbons (Fsp3) is 0.500. The summed E-state index contributed by atoms with van der Waals surface area (Å²) in [5.74, 6) is 0.828. The molecule has 0 aliphatic heterocycles. The maximum absolute atomic E-state index is 12.0. The smallest absolute Gasteiger partial charge is 0.329 e. The quantitative estimate of drug-likeness (QED) is 0.759. The third-order valence-electron chi connectivity index (χ3n) is 3.06. The van der Waals surface area contributed by atoms with Crippen LogP contribution in [0.2, 0.25) is 0 Å². The number of rotatable bonds is 6. The van der Waals surface area contributed by atoms with Crippen molar-refractivity contribution in [3.8, 4) is 11.6 Å². The predicted molar refractivity (Wildman–Crippen MR) is 73.1 cm³/mol. The van der Waals surface area contributed by atoms with Crippen LogP contribution in [0.3, 0.4) is 0 Å². The van der Waals surface area contributed by atoms with Crippen molar-refractivity contribution in [3.63, 3.8) is 0 Å². The minimum atomic E-state index is -0.378. The number of nitrogens with zero attached hydrogens (tertiary/aromatic N) is 3. The summed E-state index contributed by atoms with van der Waals surface area (Å²) in [6, 6.07) is 3.33. The molecule has 0 aromatic carbocycles. The molecule has 0 aliphatic carbocycles. The third-order valence-corrected chi connectivity index (χ3v) is 3.06. The molecule has 6 heteroatoms. The van der Waals surface area contributed by atoms with Gasteiger partial charge in [-0.15, -0.1) is 0 Å². The lowest BCUT2D eigenvalue weighted by atomic mass is 10.2. The van der Waals surface area contributed by atoms with Crippen molar-refractivity contribution in [2.24, 2.45) is 0 Å². The van der Waals surface area contributed by atoms with Crippen molar-refractivity contribution < 1.29 is 14.1 Å². The fourth-order valence-electron chi connectivity index (χ4n) is 2.06. The second-order valence-electron chi connectivity index (χ2n) is 4.35. The van der Waals surface area contributed by atoms with E-state index in [1.165, 1.54) is 0 Å². The van der Waals surface area contributed by atoms with E-state index in [2.05, 4.69) is 10.1 Å². The molecule has 108 valence electrons. The maximum Gasteiger partial charge on any atom is 0.329 e. The molecular formula is C14H19N3O3. The highest BCUT2D eigenvalue weighted by Crippen LogP contribution is 2.25. The van der Waals surface area contributed by atoms with Gasteiger partial charge in [0.15, 0.2) is 5.82 Å². The fourth-order valence-corrected chi connectivity index (χ4v) is 2.06. The van der Waals surface area contributed by atoms with E-state index in [0.29, 0.717) is 31.2 Å². The molecule has 1 atom stereocenters. The van der Waals surface area contributed by atoms with Gasteiger partial charge in [0.2, 0.25) is 0 Å². The summed E-state index contributed by atoms with van der Waals surface area (Å²) in [6.45, 7) is 6.07. The zero-order chi connectivity index (χ0) is 14.5. The third kappa shape index (κ3) is 2.74. The van der Waals surface area contributed by atoms with Crippen molar-refractivity contribution >= 4 is 5.97 Å². The number of carbonyl (C=O) groups excluding carboxylic acids is 1. The molecule has 0 saturated heterocycles. The number of ether oxygens (including phenoxy) is 1. The molecular weight excluding hydrogens is 258 g/mol. The maximum atomic E-state index is 12.0. The van der Waals surface area contributed by atoms with Crippen LogP contribution in [0.1, 0.15) is 39.1 Å². The molecule has 0 aliphatic rings. The molecule has 2 aromatic rings. The zero-order valence-corrected chi connectivity index (χ0v) is 12.0. The lowest BCUT2D eigenvalue weighted by molar-refractivity contribution is -0.147. The van der Waals surface area contributed by atoms with E-state index >= 15 is 0 Å². The summed E-state index contributed by atoms with van der Waals surface area (Å²) < 4.78 is 12.2. The summed E-state index contributed by atoms with van der Waals surface area (Å²) in [4.78, 5) is 16.3. The van der Waals surface area contributed by atoms with Gasteiger partial charge in [-0.25, -0.2) is 4.79 Å². The number of carbonyl (C=O) groups is 1. The standard InChI is InChI=1S/C14H19N3O3/c1-4-10(14(18)19-6-3)17-9-7-8-11(17)13-15-12(5-2)16-20-13/h7-10H,4-6H2,1-3H3. The Morgan fingerprint density at radius 3 is 2.85 bits per heavy atom. The summed E-state index contributed by atoms with van der Waals surface area (Å²) in [5, 5.41) is 3.88. The molecule has 0 amide bonds. The topological polar surface area (TPSA) is 70.2 Å². The van der Waals surface area contributed by atoms with E-state index in [1.807, 2.05) is 36.7 Å². The van der Waals surface area contributed by atoms with Crippen LogP contribution in [0.25, 0.3) is 11.6 Å². The Kier molecular flexibility index (Phi) is 4.55. The van der Waals surface area contributed by atoms with Crippen molar-refractivity contribution in [1.29, 1.82) is 0 Å². The SMILES string of the molecule is CCOC(=O)C(CC)n1cccc1-c1nc(CC)no1. The Morgan fingerprint density at radius 2 is 2.25 bits per heavy atom. The van der Waals surface area contributed by atoms with E-state index in [9.17, 15) is 4.79 Å². The number of hydrogen-bond donors (Lipinski definition) is 0. The van der Waals surface area contributed by atoms with Crippen LogP contribution in [0.5, 0.6) is 0 Å². The van der Waals surface area contributed by atoms with Gasteiger partial charge in [0.1, 0.15) is 11.7 Å². The van der Waals surface area contributed by atoms with E-state index in [-0.39, 0.29) is 12.0 Å². The second kappa shape index (κ2) is 6.36. The lowest BCUT2D eigenvalue weighted by Gasteiger charge is -2.17. The summed E-state index contributed by atoms with van der Waals surface area (Å²) in [6.07, 6.45) is 3.17. The first kappa shape index (κ1) is 14.3. The Balaban J connectivity index is 2.33. The molecule has 20 heavy (non-hydrogen) atoms. The van der Waals surface area contributed by atoms with Crippen LogP contribution in [-0.2, 0) is 16.0 Å². The minimum Gasteiger partial charge on any atom is -0.464 e. The molecule has 0 fully saturated rings. The molecule has 6 nitrogen and oxygen atoms in total. The second-order valence-corrected chi connectivity index (χ2v) is 4.35. The van der Waals surface area contributed by atoms with Gasteiger partial charge < -0.3 is 13.8 Å². The predicted octanol–water partition coefficient (Wildman–Crippen LogP) is 2.61. The van der Waals surface area contributed by atoms with E-state index in [0.717, 1.165) is 5.69 Å². The Bertz CT molecular complexity index is 574. The van der Waals surface area contributed by atoms with Gasteiger partial charge in [-0.05, 0) is 25.5 Å². The van der Waals surface area contributed by atoms with Crippen LogP contribution < -0.4 is 0 Å². The molecule has 0 radical (unpaired) electrons. The lowest BCUT2D eigenvalue weighted by Crippen LogP contribution is -2.21. The Morgan fingerprint density at radius 1 is 1.45 bits per heavy atom. The molecule has 2 rings (SSSR count). The van der Waals surface area contributed by atoms with Crippen molar-refractivity contribution in [1.82, 2.24) is 14.7 Å². The molecule has 0 N–H and O–H groups in total. The first-order chi connectivity index (χ1) is 9.71. The molecule has 1 unspecified atom stereocenters. The highest BCUT2D eigenvalue weighted by Gasteiger charge is 2.23. The summed E-state index contributed by atoms with van der Waals surface area (Å²) in [5.41, 5.74) is 0.733. The summed E-state index contributed by atoms with van der Waals surface area (Å²) in [7, 11) is 0. The van der Waals surface area contributed by atoms with Crippen LogP contribution in [0, 0.1) is 0 Å².